The van der Waals surface area contributed by atoms with Crippen LogP contribution in [0.1, 0.15) is 54.9 Å². The van der Waals surface area contributed by atoms with Crippen LogP contribution in [0, 0.1) is 0 Å². The van der Waals surface area contributed by atoms with Crippen LogP contribution in [0.25, 0.3) is 10.9 Å². The highest BCUT2D eigenvalue weighted by atomic mass is 16.5. The van der Waals surface area contributed by atoms with Crippen LogP contribution in [-0.2, 0) is 6.54 Å². The summed E-state index contributed by atoms with van der Waals surface area (Å²) in [7, 11) is 0. The van der Waals surface area contributed by atoms with Gasteiger partial charge in [0, 0.05) is 30.3 Å². The van der Waals surface area contributed by atoms with Gasteiger partial charge in [0.25, 0.3) is 0 Å². The van der Waals surface area contributed by atoms with E-state index in [-0.39, 0.29) is 0 Å². The number of nitrogens with zero attached hydrogens (tertiary/aromatic N) is 4. The van der Waals surface area contributed by atoms with Gasteiger partial charge < -0.3 is 4.52 Å². The quantitative estimate of drug-likeness (QED) is 0.725. The number of fused-ring (bicyclic) bond motifs is 1. The zero-order valence-corrected chi connectivity index (χ0v) is 14.3. The van der Waals surface area contributed by atoms with Crippen molar-refractivity contribution < 1.29 is 4.52 Å². The van der Waals surface area contributed by atoms with Crippen LogP contribution in [0.15, 0.2) is 40.9 Å². The molecule has 0 bridgehead atoms. The molecular formula is C20H22N4O. The van der Waals surface area contributed by atoms with E-state index in [0.717, 1.165) is 49.0 Å². The van der Waals surface area contributed by atoms with Crippen molar-refractivity contribution in [1.29, 1.82) is 0 Å². The molecule has 1 saturated carbocycles. The molecule has 1 unspecified atom stereocenters. The third-order valence-electron chi connectivity index (χ3n) is 5.30. The Kier molecular flexibility index (Phi) is 3.74. The van der Waals surface area contributed by atoms with Gasteiger partial charge in [-0.05, 0) is 44.4 Å². The highest BCUT2D eigenvalue weighted by molar-refractivity contribution is 5.78. The fraction of sp³-hybridized carbons (Fsp3) is 0.450. The number of hydrogen-bond acceptors (Lipinski definition) is 5. The van der Waals surface area contributed by atoms with Gasteiger partial charge in [-0.3, -0.25) is 9.88 Å². The lowest BCUT2D eigenvalue weighted by Gasteiger charge is -2.30. The van der Waals surface area contributed by atoms with E-state index >= 15 is 0 Å². The average molecular weight is 334 g/mol. The number of likely N-dealkylation sites (tertiary alicyclic amines) is 1. The number of aromatic nitrogens is 3. The van der Waals surface area contributed by atoms with Gasteiger partial charge in [0.2, 0.25) is 5.89 Å². The molecule has 0 radical (unpaired) electrons. The molecule has 2 fully saturated rings. The number of benzene rings is 1. The first-order valence-electron chi connectivity index (χ1n) is 9.26. The second kappa shape index (κ2) is 6.23. The van der Waals surface area contributed by atoms with Crippen LogP contribution in [0.2, 0.25) is 0 Å². The zero-order chi connectivity index (χ0) is 16.6. The van der Waals surface area contributed by atoms with E-state index in [9.17, 15) is 0 Å². The Morgan fingerprint density at radius 1 is 1.00 bits per heavy atom. The SMILES string of the molecule is c1ccc2nc(CN3CCCC(c4noc(C5CC5)n4)C3)ccc2c1. The molecule has 2 aliphatic rings. The number of rotatable bonds is 4. The van der Waals surface area contributed by atoms with Crippen LogP contribution in [0.5, 0.6) is 0 Å². The Morgan fingerprint density at radius 2 is 1.92 bits per heavy atom. The fourth-order valence-electron chi connectivity index (χ4n) is 3.74. The minimum atomic E-state index is 0.380. The topological polar surface area (TPSA) is 55.1 Å². The molecule has 0 spiro atoms. The van der Waals surface area contributed by atoms with E-state index in [1.165, 1.54) is 24.6 Å². The number of piperidine rings is 1. The van der Waals surface area contributed by atoms with Crippen molar-refractivity contribution in [3.05, 3.63) is 53.8 Å². The molecule has 5 heteroatoms. The van der Waals surface area contributed by atoms with Gasteiger partial charge in [-0.15, -0.1) is 0 Å². The lowest BCUT2D eigenvalue weighted by molar-refractivity contribution is 0.193. The maximum atomic E-state index is 5.45. The van der Waals surface area contributed by atoms with Crippen molar-refractivity contribution in [2.24, 2.45) is 0 Å². The smallest absolute Gasteiger partial charge is 0.229 e. The molecular weight excluding hydrogens is 312 g/mol. The molecule has 128 valence electrons. The van der Waals surface area contributed by atoms with E-state index in [4.69, 9.17) is 9.51 Å². The summed E-state index contributed by atoms with van der Waals surface area (Å²) in [6.45, 7) is 2.98. The Labute approximate surface area is 147 Å². The number of hydrogen-bond donors (Lipinski definition) is 0. The van der Waals surface area contributed by atoms with Crippen molar-refractivity contribution in [3.8, 4) is 0 Å². The van der Waals surface area contributed by atoms with E-state index in [1.807, 2.05) is 6.07 Å². The Bertz CT molecular complexity index is 886. The summed E-state index contributed by atoms with van der Waals surface area (Å²) in [5.74, 6) is 2.66. The molecule has 25 heavy (non-hydrogen) atoms. The monoisotopic (exact) mass is 334 g/mol. The number of pyridine rings is 1. The molecule has 5 nitrogen and oxygen atoms in total. The Balaban J connectivity index is 1.29. The standard InChI is InChI=1S/C20H22N4O/c1-2-6-18-14(4-1)9-10-17(21-18)13-24-11-3-5-16(12-24)19-22-20(25-23-19)15-7-8-15/h1-2,4,6,9-10,15-16H,3,5,7-8,11-13H2. The fourth-order valence-corrected chi connectivity index (χ4v) is 3.74. The van der Waals surface area contributed by atoms with Crippen LogP contribution in [-0.4, -0.2) is 33.1 Å². The molecule has 0 amide bonds. The third kappa shape index (κ3) is 3.16. The Morgan fingerprint density at radius 3 is 2.84 bits per heavy atom. The van der Waals surface area contributed by atoms with Crippen molar-refractivity contribution in [3.63, 3.8) is 0 Å². The van der Waals surface area contributed by atoms with Gasteiger partial charge in [-0.1, -0.05) is 29.4 Å². The first kappa shape index (κ1) is 15.0. The predicted molar refractivity (Wildman–Crippen MR) is 95.3 cm³/mol. The normalized spacial score (nSPS) is 21.7. The molecule has 3 heterocycles. The van der Waals surface area contributed by atoms with Gasteiger partial charge in [0.1, 0.15) is 0 Å². The summed E-state index contributed by atoms with van der Waals surface area (Å²) in [5, 5.41) is 5.45. The van der Waals surface area contributed by atoms with Crippen LogP contribution >= 0.6 is 0 Å². The molecule has 1 saturated heterocycles. The summed E-state index contributed by atoms with van der Waals surface area (Å²) in [5.41, 5.74) is 2.20. The van der Waals surface area contributed by atoms with Gasteiger partial charge in [0.05, 0.1) is 11.2 Å². The van der Waals surface area contributed by atoms with Gasteiger partial charge in [-0.25, -0.2) is 0 Å². The molecule has 1 atom stereocenters. The minimum Gasteiger partial charge on any atom is -0.339 e. The number of para-hydroxylation sites is 1. The van der Waals surface area contributed by atoms with Crippen molar-refractivity contribution in [2.45, 2.75) is 44.1 Å². The molecule has 1 aliphatic carbocycles. The first-order valence-corrected chi connectivity index (χ1v) is 9.26. The van der Waals surface area contributed by atoms with E-state index in [0.29, 0.717) is 11.8 Å². The van der Waals surface area contributed by atoms with Crippen molar-refractivity contribution >= 4 is 10.9 Å². The average Bonchev–Trinajstić information content (AvgIpc) is 3.39. The highest BCUT2D eigenvalue weighted by Gasteiger charge is 2.32. The van der Waals surface area contributed by atoms with Crippen LogP contribution in [0.4, 0.5) is 0 Å². The molecule has 1 aromatic carbocycles. The van der Waals surface area contributed by atoms with Gasteiger partial charge >= 0.3 is 0 Å². The maximum Gasteiger partial charge on any atom is 0.229 e. The summed E-state index contributed by atoms with van der Waals surface area (Å²) in [6, 6.07) is 12.6. The molecule has 3 aromatic rings. The second-order valence-electron chi connectivity index (χ2n) is 7.33. The molecule has 0 N–H and O–H groups in total. The summed E-state index contributed by atoms with van der Waals surface area (Å²) in [4.78, 5) is 11.9. The van der Waals surface area contributed by atoms with Gasteiger partial charge in [0.15, 0.2) is 5.82 Å². The third-order valence-corrected chi connectivity index (χ3v) is 5.30. The van der Waals surface area contributed by atoms with Crippen molar-refractivity contribution in [1.82, 2.24) is 20.0 Å². The molecule has 1 aliphatic heterocycles. The highest BCUT2D eigenvalue weighted by Crippen LogP contribution is 2.39. The van der Waals surface area contributed by atoms with E-state index < -0.39 is 0 Å². The molecule has 5 rings (SSSR count). The minimum absolute atomic E-state index is 0.380. The van der Waals surface area contributed by atoms with Crippen molar-refractivity contribution in [2.75, 3.05) is 13.1 Å². The Hall–Kier alpha value is -2.27. The lowest BCUT2D eigenvalue weighted by atomic mass is 9.97. The summed E-state index contributed by atoms with van der Waals surface area (Å²) in [6.07, 6.45) is 4.72. The zero-order valence-electron chi connectivity index (χ0n) is 14.3. The maximum absolute atomic E-state index is 5.45. The first-order chi connectivity index (χ1) is 12.3. The molecule has 2 aromatic heterocycles. The predicted octanol–water partition coefficient (Wildman–Crippen LogP) is 3.87. The van der Waals surface area contributed by atoms with E-state index in [2.05, 4.69) is 45.4 Å². The van der Waals surface area contributed by atoms with E-state index in [1.54, 1.807) is 0 Å². The largest absolute Gasteiger partial charge is 0.339 e. The lowest BCUT2D eigenvalue weighted by Crippen LogP contribution is -2.34. The summed E-state index contributed by atoms with van der Waals surface area (Å²) < 4.78 is 5.45. The van der Waals surface area contributed by atoms with Crippen LogP contribution < -0.4 is 0 Å². The van der Waals surface area contributed by atoms with Crippen LogP contribution in [0.3, 0.4) is 0 Å². The summed E-state index contributed by atoms with van der Waals surface area (Å²) >= 11 is 0. The second-order valence-corrected chi connectivity index (χ2v) is 7.33. The van der Waals surface area contributed by atoms with Gasteiger partial charge in [-0.2, -0.15) is 4.98 Å².